The average molecular weight is 393 g/mol. The molecule has 0 saturated carbocycles. The number of thiophene rings is 1. The van der Waals surface area contributed by atoms with Crippen molar-refractivity contribution >= 4 is 34.6 Å². The largest absolute Gasteiger partial charge is 0.395 e. The number of nitrogens with zero attached hydrogens (tertiary/aromatic N) is 1. The fourth-order valence-corrected chi connectivity index (χ4v) is 4.88. The van der Waals surface area contributed by atoms with Crippen LogP contribution in [-0.2, 0) is 30.6 Å². The molecular formula is C19H21ClN2O3S. The molecule has 1 aromatic carbocycles. The van der Waals surface area contributed by atoms with Crippen molar-refractivity contribution in [2.75, 3.05) is 19.7 Å². The Kier molecular flexibility index (Phi) is 6.09. The number of rotatable bonds is 7. The van der Waals surface area contributed by atoms with E-state index in [2.05, 4.69) is 4.90 Å². The van der Waals surface area contributed by atoms with Crippen molar-refractivity contribution < 1.29 is 14.7 Å². The molecule has 0 spiro atoms. The lowest BCUT2D eigenvalue weighted by Crippen LogP contribution is -2.32. The molecule has 3 N–H and O–H groups in total. The van der Waals surface area contributed by atoms with E-state index in [9.17, 15) is 9.59 Å². The standard InChI is InChI=1S/C19H21ClN2O3S/c20-13-3-1-12(2-4-13)9-14(24)10-16-18(19(21)25)15-5-6-22(7-8-23)11-17(15)26-16/h1-4,23H,5-11H2,(H2,21,25). The molecule has 0 saturated heterocycles. The number of ketones is 1. The molecule has 0 bridgehead atoms. The number of amides is 1. The highest BCUT2D eigenvalue weighted by Gasteiger charge is 2.27. The van der Waals surface area contributed by atoms with Crippen LogP contribution in [0.3, 0.4) is 0 Å². The first-order chi connectivity index (χ1) is 12.5. The normalized spacial score (nSPS) is 14.2. The van der Waals surface area contributed by atoms with Crippen LogP contribution in [0.15, 0.2) is 24.3 Å². The highest BCUT2D eigenvalue weighted by molar-refractivity contribution is 7.12. The molecule has 26 heavy (non-hydrogen) atoms. The maximum atomic E-state index is 12.5. The molecular weight excluding hydrogens is 372 g/mol. The van der Waals surface area contributed by atoms with Crippen molar-refractivity contribution in [1.29, 1.82) is 0 Å². The molecule has 3 rings (SSSR count). The number of benzene rings is 1. The molecule has 0 unspecified atom stereocenters. The van der Waals surface area contributed by atoms with Crippen LogP contribution >= 0.6 is 22.9 Å². The monoisotopic (exact) mass is 392 g/mol. The molecule has 1 aromatic heterocycles. The lowest BCUT2D eigenvalue weighted by atomic mass is 9.98. The van der Waals surface area contributed by atoms with Gasteiger partial charge in [-0.3, -0.25) is 14.5 Å². The van der Waals surface area contributed by atoms with Gasteiger partial charge in [-0.2, -0.15) is 0 Å². The number of halogens is 1. The van der Waals surface area contributed by atoms with Crippen molar-refractivity contribution in [3.8, 4) is 0 Å². The van der Waals surface area contributed by atoms with Crippen LogP contribution in [0.2, 0.25) is 5.02 Å². The zero-order valence-corrected chi connectivity index (χ0v) is 15.9. The molecule has 138 valence electrons. The second-order valence-corrected chi connectivity index (χ2v) is 8.06. The van der Waals surface area contributed by atoms with Gasteiger partial charge in [-0.05, 0) is 29.7 Å². The summed E-state index contributed by atoms with van der Waals surface area (Å²) in [6.45, 7) is 2.18. The molecule has 0 aliphatic carbocycles. The van der Waals surface area contributed by atoms with E-state index < -0.39 is 5.91 Å². The molecule has 1 aliphatic rings. The molecule has 2 heterocycles. The van der Waals surface area contributed by atoms with Gasteiger partial charge in [-0.15, -0.1) is 11.3 Å². The summed E-state index contributed by atoms with van der Waals surface area (Å²) in [5, 5.41) is 9.76. The van der Waals surface area contributed by atoms with Crippen molar-refractivity contribution in [3.63, 3.8) is 0 Å². The van der Waals surface area contributed by atoms with E-state index in [1.54, 1.807) is 12.1 Å². The first-order valence-electron chi connectivity index (χ1n) is 8.50. The Balaban J connectivity index is 1.78. The Labute approximate surface area is 161 Å². The number of primary amides is 1. The van der Waals surface area contributed by atoms with E-state index in [1.165, 1.54) is 11.3 Å². The fraction of sp³-hybridized carbons (Fsp3) is 0.368. The van der Waals surface area contributed by atoms with Crippen LogP contribution in [0.5, 0.6) is 0 Å². The Hall–Kier alpha value is -1.73. The second kappa shape index (κ2) is 8.31. The lowest BCUT2D eigenvalue weighted by Gasteiger charge is -2.26. The molecule has 5 nitrogen and oxygen atoms in total. The third-order valence-electron chi connectivity index (χ3n) is 4.54. The van der Waals surface area contributed by atoms with Crippen LogP contribution in [0.25, 0.3) is 0 Å². The Bertz CT molecular complexity index is 817. The van der Waals surface area contributed by atoms with E-state index >= 15 is 0 Å². The summed E-state index contributed by atoms with van der Waals surface area (Å²) in [6.07, 6.45) is 1.22. The number of β-amino-alcohol motifs (C(OH)–C–C–N with tert-alkyl or cyclic N) is 1. The molecule has 0 radical (unpaired) electrons. The van der Waals surface area contributed by atoms with Gasteiger partial charge in [0.2, 0.25) is 5.91 Å². The van der Waals surface area contributed by atoms with E-state index in [-0.39, 0.29) is 18.8 Å². The summed E-state index contributed by atoms with van der Waals surface area (Å²) >= 11 is 7.37. The molecule has 1 amide bonds. The number of fused-ring (bicyclic) bond motifs is 1. The summed E-state index contributed by atoms with van der Waals surface area (Å²) in [6, 6.07) is 7.19. The smallest absolute Gasteiger partial charge is 0.250 e. The van der Waals surface area contributed by atoms with Crippen molar-refractivity contribution in [3.05, 3.63) is 55.7 Å². The minimum absolute atomic E-state index is 0.0423. The highest BCUT2D eigenvalue weighted by Crippen LogP contribution is 2.33. The molecule has 1 aliphatic heterocycles. The van der Waals surface area contributed by atoms with E-state index in [0.29, 0.717) is 30.1 Å². The maximum absolute atomic E-state index is 12.5. The Morgan fingerprint density at radius 1 is 1.23 bits per heavy atom. The van der Waals surface area contributed by atoms with E-state index in [0.717, 1.165) is 33.8 Å². The summed E-state index contributed by atoms with van der Waals surface area (Å²) in [5.74, 6) is -0.423. The van der Waals surface area contributed by atoms with E-state index in [4.69, 9.17) is 22.4 Å². The van der Waals surface area contributed by atoms with Gasteiger partial charge in [-0.1, -0.05) is 23.7 Å². The summed E-state index contributed by atoms with van der Waals surface area (Å²) < 4.78 is 0. The predicted octanol–water partition coefficient (Wildman–Crippen LogP) is 2.21. The first kappa shape index (κ1) is 19.0. The maximum Gasteiger partial charge on any atom is 0.250 e. The number of Topliss-reactive ketones (excluding diaryl/α,β-unsaturated/α-hetero) is 1. The fourth-order valence-electron chi connectivity index (χ4n) is 3.33. The number of hydrogen-bond donors (Lipinski definition) is 2. The molecule has 2 aromatic rings. The van der Waals surface area contributed by atoms with Crippen molar-refractivity contribution in [2.24, 2.45) is 5.73 Å². The Morgan fingerprint density at radius 3 is 2.62 bits per heavy atom. The first-order valence-corrected chi connectivity index (χ1v) is 9.70. The molecule has 0 fully saturated rings. The summed E-state index contributed by atoms with van der Waals surface area (Å²) in [7, 11) is 0. The lowest BCUT2D eigenvalue weighted by molar-refractivity contribution is -0.117. The van der Waals surface area contributed by atoms with Crippen molar-refractivity contribution in [2.45, 2.75) is 25.8 Å². The van der Waals surface area contributed by atoms with Crippen LogP contribution in [-0.4, -0.2) is 41.4 Å². The quantitative estimate of drug-likeness (QED) is 0.756. The van der Waals surface area contributed by atoms with Gasteiger partial charge in [0.1, 0.15) is 5.78 Å². The third kappa shape index (κ3) is 4.32. The number of aliphatic hydroxyl groups is 1. The van der Waals surface area contributed by atoms with Gasteiger partial charge in [0.25, 0.3) is 0 Å². The number of carbonyl (C=O) groups is 2. The van der Waals surface area contributed by atoms with Crippen LogP contribution in [0.1, 0.15) is 31.2 Å². The second-order valence-electron chi connectivity index (χ2n) is 6.43. The topological polar surface area (TPSA) is 83.6 Å². The van der Waals surface area contributed by atoms with Gasteiger partial charge >= 0.3 is 0 Å². The average Bonchev–Trinajstić information content (AvgIpc) is 2.94. The van der Waals surface area contributed by atoms with Crippen LogP contribution in [0, 0.1) is 0 Å². The van der Waals surface area contributed by atoms with Gasteiger partial charge < -0.3 is 10.8 Å². The highest BCUT2D eigenvalue weighted by atomic mass is 35.5. The van der Waals surface area contributed by atoms with Crippen molar-refractivity contribution in [1.82, 2.24) is 4.90 Å². The number of carbonyl (C=O) groups excluding carboxylic acids is 2. The number of hydrogen-bond acceptors (Lipinski definition) is 5. The summed E-state index contributed by atoms with van der Waals surface area (Å²) in [5.41, 5.74) is 8.01. The minimum Gasteiger partial charge on any atom is -0.395 e. The molecule has 7 heteroatoms. The van der Waals surface area contributed by atoms with E-state index in [1.807, 2.05) is 12.1 Å². The van der Waals surface area contributed by atoms with Gasteiger partial charge in [0.15, 0.2) is 0 Å². The van der Waals surface area contributed by atoms with Gasteiger partial charge in [0.05, 0.1) is 12.2 Å². The van der Waals surface area contributed by atoms with Gasteiger partial charge in [-0.25, -0.2) is 0 Å². The summed E-state index contributed by atoms with van der Waals surface area (Å²) in [4.78, 5) is 28.5. The van der Waals surface area contributed by atoms with Crippen LogP contribution in [0.4, 0.5) is 0 Å². The van der Waals surface area contributed by atoms with Crippen LogP contribution < -0.4 is 5.73 Å². The minimum atomic E-state index is -0.465. The predicted molar refractivity (Wildman–Crippen MR) is 103 cm³/mol. The SMILES string of the molecule is NC(=O)c1c(CC(=O)Cc2ccc(Cl)cc2)sc2c1CCN(CCO)C2. The number of nitrogens with two attached hydrogens (primary N) is 1. The third-order valence-corrected chi connectivity index (χ3v) is 6.01. The zero-order chi connectivity index (χ0) is 18.7. The van der Waals surface area contributed by atoms with Gasteiger partial charge in [0, 0.05) is 47.3 Å². The Morgan fingerprint density at radius 2 is 1.96 bits per heavy atom. The zero-order valence-electron chi connectivity index (χ0n) is 14.3. The number of aliphatic hydroxyl groups excluding tert-OH is 1. The molecule has 0 atom stereocenters.